The van der Waals surface area contributed by atoms with E-state index in [1.54, 1.807) is 17.5 Å². The number of aromatic nitrogens is 3. The fraction of sp³-hybridized carbons (Fsp3) is 0.167. The number of nitrogen functional groups attached to an aromatic ring is 1. The molecule has 3 heterocycles. The lowest BCUT2D eigenvalue weighted by atomic mass is 10.3. The minimum Gasteiger partial charge on any atom is -0.390 e. The second kappa shape index (κ2) is 3.56. The van der Waals surface area contributed by atoms with E-state index in [4.69, 9.17) is 5.73 Å². The Balaban J connectivity index is 2.25. The molecule has 3 aromatic rings. The van der Waals surface area contributed by atoms with Crippen LogP contribution < -0.4 is 5.73 Å². The zero-order valence-electron chi connectivity index (χ0n) is 9.61. The van der Waals surface area contributed by atoms with E-state index in [1.807, 2.05) is 26.0 Å². The van der Waals surface area contributed by atoms with Crippen LogP contribution in [0.4, 0.5) is 5.00 Å². The van der Waals surface area contributed by atoms with Crippen LogP contribution in [0.3, 0.4) is 0 Å². The second-order valence-electron chi connectivity index (χ2n) is 4.05. The number of nitrogens with zero attached hydrogens (tertiary/aromatic N) is 2. The first kappa shape index (κ1) is 10.3. The number of fused-ring (bicyclic) bond motifs is 1. The summed E-state index contributed by atoms with van der Waals surface area (Å²) in [6, 6.07) is 4.01. The van der Waals surface area contributed by atoms with Gasteiger partial charge in [0.2, 0.25) is 0 Å². The van der Waals surface area contributed by atoms with E-state index >= 15 is 0 Å². The van der Waals surface area contributed by atoms with Crippen molar-refractivity contribution in [3.63, 3.8) is 0 Å². The maximum atomic E-state index is 5.97. The first-order chi connectivity index (χ1) is 8.15. The number of imidazole rings is 1. The van der Waals surface area contributed by atoms with Gasteiger partial charge in [-0.2, -0.15) is 0 Å². The van der Waals surface area contributed by atoms with Crippen molar-refractivity contribution in [2.75, 3.05) is 5.73 Å². The smallest absolute Gasteiger partial charge is 0.178 e. The van der Waals surface area contributed by atoms with Gasteiger partial charge in [-0.3, -0.25) is 0 Å². The predicted octanol–water partition coefficient (Wildman–Crippen LogP) is 2.89. The molecule has 0 aliphatic rings. The molecule has 0 saturated carbocycles. The molecular weight excluding hydrogens is 232 g/mol. The molecule has 5 heteroatoms. The molecule has 3 aromatic heterocycles. The molecule has 0 amide bonds. The molecule has 0 radical (unpaired) electrons. The predicted molar refractivity (Wildman–Crippen MR) is 71.1 cm³/mol. The number of aryl methyl sites for hydroxylation is 2. The normalized spacial score (nSPS) is 11.2. The van der Waals surface area contributed by atoms with Gasteiger partial charge in [0.05, 0.1) is 16.1 Å². The third-order valence-electron chi connectivity index (χ3n) is 2.74. The molecule has 0 aromatic carbocycles. The number of aromatic amines is 1. The van der Waals surface area contributed by atoms with Gasteiger partial charge in [-0.05, 0) is 31.5 Å². The van der Waals surface area contributed by atoms with E-state index in [0.29, 0.717) is 0 Å². The lowest BCUT2D eigenvalue weighted by molar-refractivity contribution is 1.30. The summed E-state index contributed by atoms with van der Waals surface area (Å²) in [4.78, 5) is 13.2. The Morgan fingerprint density at radius 2 is 2.18 bits per heavy atom. The van der Waals surface area contributed by atoms with E-state index in [2.05, 4.69) is 15.0 Å². The first-order valence-corrected chi connectivity index (χ1v) is 6.14. The minimum atomic E-state index is 0.739. The lowest BCUT2D eigenvalue weighted by Crippen LogP contribution is -1.84. The lowest BCUT2D eigenvalue weighted by Gasteiger charge is -1.93. The average Bonchev–Trinajstić information content (AvgIpc) is 2.82. The van der Waals surface area contributed by atoms with E-state index < -0.39 is 0 Å². The number of hydrogen-bond donors (Lipinski definition) is 2. The zero-order chi connectivity index (χ0) is 12.0. The summed E-state index contributed by atoms with van der Waals surface area (Å²) in [6.45, 7) is 4.07. The Bertz CT molecular complexity index is 696. The minimum absolute atomic E-state index is 0.739. The highest BCUT2D eigenvalue weighted by Crippen LogP contribution is 2.32. The zero-order valence-corrected chi connectivity index (χ0v) is 10.4. The highest BCUT2D eigenvalue weighted by Gasteiger charge is 2.12. The van der Waals surface area contributed by atoms with Gasteiger partial charge in [-0.15, -0.1) is 11.3 Å². The molecule has 17 heavy (non-hydrogen) atoms. The molecule has 0 aliphatic heterocycles. The fourth-order valence-electron chi connectivity index (χ4n) is 1.88. The Morgan fingerprint density at radius 1 is 1.35 bits per heavy atom. The van der Waals surface area contributed by atoms with Crippen molar-refractivity contribution in [3.05, 3.63) is 28.8 Å². The Morgan fingerprint density at radius 3 is 2.82 bits per heavy atom. The number of thiophene rings is 1. The third kappa shape index (κ3) is 1.59. The Labute approximate surface area is 103 Å². The summed E-state index contributed by atoms with van der Waals surface area (Å²) in [5.74, 6) is 0.795. The first-order valence-electron chi connectivity index (χ1n) is 5.33. The topological polar surface area (TPSA) is 67.6 Å². The summed E-state index contributed by atoms with van der Waals surface area (Å²) in [7, 11) is 0. The standard InChI is InChI=1S/C12H12N4S/c1-6-3-4-14-12-9(6)15-11(16-12)8-5-7(2)17-10(8)13/h3-5H,13H2,1-2H3,(H,14,15,16). The van der Waals surface area contributed by atoms with Crippen LogP contribution in [0.5, 0.6) is 0 Å². The van der Waals surface area contributed by atoms with Crippen molar-refractivity contribution in [1.82, 2.24) is 15.0 Å². The van der Waals surface area contributed by atoms with Gasteiger partial charge in [0.25, 0.3) is 0 Å². The molecule has 0 spiro atoms. The Hall–Kier alpha value is -1.88. The van der Waals surface area contributed by atoms with Gasteiger partial charge in [0, 0.05) is 11.1 Å². The molecular formula is C12H12N4S. The fourth-order valence-corrected chi connectivity index (χ4v) is 2.67. The van der Waals surface area contributed by atoms with E-state index in [1.165, 1.54) is 4.88 Å². The van der Waals surface area contributed by atoms with Crippen molar-refractivity contribution in [1.29, 1.82) is 0 Å². The monoisotopic (exact) mass is 244 g/mol. The van der Waals surface area contributed by atoms with Gasteiger partial charge in [0.1, 0.15) is 5.82 Å². The number of anilines is 1. The molecule has 0 unspecified atom stereocenters. The van der Waals surface area contributed by atoms with Crippen LogP contribution in [0.25, 0.3) is 22.6 Å². The quantitative estimate of drug-likeness (QED) is 0.691. The van der Waals surface area contributed by atoms with Crippen LogP contribution in [0, 0.1) is 13.8 Å². The molecule has 0 fully saturated rings. The van der Waals surface area contributed by atoms with Gasteiger partial charge in [-0.25, -0.2) is 9.97 Å². The molecule has 0 atom stereocenters. The molecule has 3 rings (SSSR count). The van der Waals surface area contributed by atoms with E-state index in [-0.39, 0.29) is 0 Å². The van der Waals surface area contributed by atoms with E-state index in [9.17, 15) is 0 Å². The summed E-state index contributed by atoms with van der Waals surface area (Å²) < 4.78 is 0. The van der Waals surface area contributed by atoms with Crippen molar-refractivity contribution in [2.45, 2.75) is 13.8 Å². The average molecular weight is 244 g/mol. The Kier molecular flexibility index (Phi) is 2.16. The number of pyridine rings is 1. The summed E-state index contributed by atoms with van der Waals surface area (Å²) in [5, 5.41) is 0.791. The van der Waals surface area contributed by atoms with Gasteiger partial charge in [0.15, 0.2) is 5.65 Å². The van der Waals surface area contributed by atoms with Crippen LogP contribution in [-0.4, -0.2) is 15.0 Å². The van der Waals surface area contributed by atoms with Crippen LogP contribution in [-0.2, 0) is 0 Å². The number of H-pyrrole nitrogens is 1. The number of nitrogens with one attached hydrogen (secondary N) is 1. The largest absolute Gasteiger partial charge is 0.390 e. The van der Waals surface area contributed by atoms with Crippen molar-refractivity contribution >= 4 is 27.5 Å². The molecule has 0 bridgehead atoms. The van der Waals surface area contributed by atoms with Crippen LogP contribution in [0.15, 0.2) is 18.3 Å². The highest BCUT2D eigenvalue weighted by atomic mass is 32.1. The van der Waals surface area contributed by atoms with Gasteiger partial charge < -0.3 is 10.7 Å². The molecule has 0 aliphatic carbocycles. The highest BCUT2D eigenvalue weighted by molar-refractivity contribution is 7.16. The molecule has 4 nitrogen and oxygen atoms in total. The summed E-state index contributed by atoms with van der Waals surface area (Å²) in [5.41, 5.74) is 9.79. The summed E-state index contributed by atoms with van der Waals surface area (Å²) in [6.07, 6.45) is 1.77. The van der Waals surface area contributed by atoms with Crippen molar-refractivity contribution < 1.29 is 0 Å². The van der Waals surface area contributed by atoms with Crippen LogP contribution in [0.2, 0.25) is 0 Å². The van der Waals surface area contributed by atoms with Gasteiger partial charge in [-0.1, -0.05) is 0 Å². The van der Waals surface area contributed by atoms with Crippen LogP contribution >= 0.6 is 11.3 Å². The van der Waals surface area contributed by atoms with Crippen molar-refractivity contribution in [3.8, 4) is 11.4 Å². The maximum absolute atomic E-state index is 5.97. The molecule has 0 saturated heterocycles. The van der Waals surface area contributed by atoms with Gasteiger partial charge >= 0.3 is 0 Å². The number of hydrogen-bond acceptors (Lipinski definition) is 4. The number of rotatable bonds is 1. The second-order valence-corrected chi connectivity index (χ2v) is 5.33. The van der Waals surface area contributed by atoms with E-state index in [0.717, 1.165) is 33.1 Å². The summed E-state index contributed by atoms with van der Waals surface area (Å²) >= 11 is 1.58. The van der Waals surface area contributed by atoms with Crippen LogP contribution in [0.1, 0.15) is 10.4 Å². The molecule has 86 valence electrons. The number of nitrogens with two attached hydrogens (primary N) is 1. The SMILES string of the molecule is Cc1cc(-c2nc3nccc(C)c3[nH]2)c(N)s1. The molecule has 3 N–H and O–H groups in total. The van der Waals surface area contributed by atoms with Crippen molar-refractivity contribution in [2.24, 2.45) is 0 Å². The third-order valence-corrected chi connectivity index (χ3v) is 3.62. The maximum Gasteiger partial charge on any atom is 0.178 e.